The van der Waals surface area contributed by atoms with Crippen molar-refractivity contribution >= 4 is 51.0 Å². The van der Waals surface area contributed by atoms with Gasteiger partial charge in [-0.25, -0.2) is 0 Å². The van der Waals surface area contributed by atoms with E-state index in [-0.39, 0.29) is 0 Å². The van der Waals surface area contributed by atoms with Crippen LogP contribution in [0, 0.1) is 23.7 Å². The summed E-state index contributed by atoms with van der Waals surface area (Å²) >= 11 is 0. The van der Waals surface area contributed by atoms with Gasteiger partial charge in [0.05, 0.1) is 24.2 Å². The Labute approximate surface area is 178 Å². The smallest absolute Gasteiger partial charge is 0.0755 e. The van der Waals surface area contributed by atoms with Gasteiger partial charge in [-0.3, -0.25) is 0 Å². The van der Waals surface area contributed by atoms with Crippen molar-refractivity contribution in [3.05, 3.63) is 0 Å². The van der Waals surface area contributed by atoms with Gasteiger partial charge >= 0.3 is 0 Å². The summed E-state index contributed by atoms with van der Waals surface area (Å²) in [7, 11) is -2.41. The van der Waals surface area contributed by atoms with Crippen LogP contribution in [0.1, 0.15) is 12.8 Å². The summed E-state index contributed by atoms with van der Waals surface area (Å²) in [5.41, 5.74) is 5.34. The van der Waals surface area contributed by atoms with E-state index < -0.39 is 30.8 Å². The zero-order chi connectivity index (χ0) is 19.8. The maximum Gasteiger partial charge on any atom is 0.0789 e. The Balaban J connectivity index is 1.42. The maximum atomic E-state index is 2.84. The molecule has 5 unspecified atom stereocenters. The molecule has 4 saturated carbocycles. The zero-order valence-corrected chi connectivity index (χ0v) is 25.1. The van der Waals surface area contributed by atoms with Gasteiger partial charge in [0.2, 0.25) is 0 Å². The molecule has 6 heteroatoms. The molecule has 0 radical (unpaired) electrons. The van der Waals surface area contributed by atoms with Crippen molar-refractivity contribution in [3.8, 4) is 0 Å². The molecule has 0 aromatic rings. The highest BCUT2D eigenvalue weighted by molar-refractivity contribution is 8.48. The highest BCUT2D eigenvalue weighted by atomic mass is 32.1. The average Bonchev–Trinajstić information content (AvgIpc) is 3.05. The lowest BCUT2D eigenvalue weighted by molar-refractivity contribution is 0.747. The van der Waals surface area contributed by atoms with Crippen LogP contribution in [0.4, 0.5) is 0 Å². The van der Waals surface area contributed by atoms with Crippen LogP contribution in [0.3, 0.4) is 0 Å². The lowest BCUT2D eigenvalue weighted by atomic mass is 10.2. The first-order chi connectivity index (χ1) is 12.8. The fourth-order valence-corrected chi connectivity index (χ4v) is 69.6. The lowest BCUT2D eigenvalue weighted by Gasteiger charge is -2.59. The Morgan fingerprint density at radius 2 is 1.25 bits per heavy atom. The molecule has 10 rings (SSSR count). The third-order valence-electron chi connectivity index (χ3n) is 11.6. The van der Waals surface area contributed by atoms with Crippen molar-refractivity contribution in [1.29, 1.82) is 0 Å². The van der Waals surface area contributed by atoms with Gasteiger partial charge in [0.1, 0.15) is 0 Å². The minimum atomic E-state index is -1.15. The minimum Gasteiger partial charge on any atom is -0.0755 e. The molecule has 0 aromatic heterocycles. The molecule has 0 aromatic carbocycles. The molecule has 13 atom stereocenters. The fraction of sp³-hybridized carbons (Fsp3) is 0.955. The molecule has 9 fully saturated rings. The summed E-state index contributed by atoms with van der Waals surface area (Å²) < 4.78 is 4.59. The van der Waals surface area contributed by atoms with E-state index >= 15 is 0 Å². The first-order valence-electron chi connectivity index (χ1n) is 12.2. The van der Waals surface area contributed by atoms with Gasteiger partial charge in [0, 0.05) is 0 Å². The summed E-state index contributed by atoms with van der Waals surface area (Å²) in [6, 6.07) is 0. The Morgan fingerprint density at radius 1 is 0.750 bits per heavy atom. The van der Waals surface area contributed by atoms with Gasteiger partial charge in [-0.1, -0.05) is 85.7 Å². The largest absolute Gasteiger partial charge is 0.0789 e. The monoisotopic (exact) mass is 480 g/mol. The van der Waals surface area contributed by atoms with Gasteiger partial charge in [0.25, 0.3) is 0 Å². The van der Waals surface area contributed by atoms with Crippen molar-refractivity contribution in [2.24, 2.45) is 23.7 Å². The van der Waals surface area contributed by atoms with Gasteiger partial charge in [-0.15, -0.1) is 0 Å². The Morgan fingerprint density at radius 3 is 1.79 bits per heavy atom. The van der Waals surface area contributed by atoms with Crippen molar-refractivity contribution in [1.82, 2.24) is 0 Å². The first kappa shape index (κ1) is 18.3. The van der Waals surface area contributed by atoms with E-state index in [9.17, 15) is 0 Å². The molecule has 4 aliphatic carbocycles. The predicted octanol–water partition coefficient (Wildman–Crippen LogP) is 6.95. The van der Waals surface area contributed by atoms with Crippen molar-refractivity contribution < 1.29 is 0 Å². The van der Waals surface area contributed by atoms with Crippen LogP contribution in [0.2, 0.25) is 58.9 Å². The molecule has 6 heterocycles. The third-order valence-corrected chi connectivity index (χ3v) is 50.7. The van der Waals surface area contributed by atoms with E-state index in [4.69, 9.17) is 0 Å². The topological polar surface area (TPSA) is 0 Å². The van der Waals surface area contributed by atoms with E-state index in [1.165, 1.54) is 46.3 Å². The van der Waals surface area contributed by atoms with Crippen LogP contribution >= 0.6 is 22.1 Å². The van der Waals surface area contributed by atoms with Gasteiger partial charge in [-0.05, 0) is 68.7 Å². The van der Waals surface area contributed by atoms with Crippen LogP contribution in [-0.4, -0.2) is 61.1 Å². The van der Waals surface area contributed by atoms with Crippen LogP contribution in [0.25, 0.3) is 0 Å². The summed E-state index contributed by atoms with van der Waals surface area (Å²) in [6.07, 6.45) is 3.49. The Hall–Kier alpha value is 1.81. The number of hydrogen-bond donors (Lipinski definition) is 0. The molecule has 154 valence electrons. The standard InChI is InChI=1S/C22H39P3Si3/c1-26(2,3)20-23-14-10-12-16(21(12,23)27(4,5)6)18(14)25(20)19-15-11-13-17(19)22(13,24(15)25)28(7,8)9/h12-19H,10-11H2,1-9H3/t12-,13-,14+,15?,16-,17-,18?,19+,21-,22-,23?,24?,25?/m1/s1. The van der Waals surface area contributed by atoms with Crippen molar-refractivity contribution in [2.75, 3.05) is 0 Å². The van der Waals surface area contributed by atoms with E-state index in [2.05, 4.69) is 63.6 Å². The summed E-state index contributed by atoms with van der Waals surface area (Å²) in [4.78, 5) is 0. The van der Waals surface area contributed by atoms with Gasteiger partial charge in [-0.2, -0.15) is 0 Å². The highest BCUT2D eigenvalue weighted by Crippen LogP contribution is 3.21. The van der Waals surface area contributed by atoms with Crippen molar-refractivity contribution in [3.63, 3.8) is 0 Å². The van der Waals surface area contributed by atoms with Crippen LogP contribution in [-0.2, 0) is 0 Å². The molecule has 28 heavy (non-hydrogen) atoms. The number of hydrogen-bond acceptors (Lipinski definition) is 0. The molecule has 0 amide bonds. The molecule has 1 spiro atoms. The lowest BCUT2D eigenvalue weighted by Crippen LogP contribution is -2.48. The predicted molar refractivity (Wildman–Crippen MR) is 140 cm³/mol. The van der Waals surface area contributed by atoms with E-state index in [0.717, 1.165) is 9.56 Å². The molecular weight excluding hydrogens is 441 g/mol. The van der Waals surface area contributed by atoms with Crippen LogP contribution in [0.15, 0.2) is 0 Å². The second kappa shape index (κ2) is 4.20. The Bertz CT molecular complexity index is 954. The zero-order valence-electron chi connectivity index (χ0n) is 19.4. The molecule has 0 nitrogen and oxygen atoms in total. The summed E-state index contributed by atoms with van der Waals surface area (Å²) in [5, 5.41) is 0. The average molecular weight is 481 g/mol. The van der Waals surface area contributed by atoms with E-state index in [1.54, 1.807) is 12.8 Å². The fourth-order valence-electron chi connectivity index (χ4n) is 12.1. The molecule has 10 aliphatic rings. The second-order valence-corrected chi connectivity index (χ2v) is 43.8. The third kappa shape index (κ3) is 1.26. The Kier molecular flexibility index (Phi) is 2.74. The highest BCUT2D eigenvalue weighted by Gasteiger charge is 3.01. The van der Waals surface area contributed by atoms with Crippen LogP contribution in [0.5, 0.6) is 0 Å². The van der Waals surface area contributed by atoms with E-state index in [1.807, 2.05) is 0 Å². The van der Waals surface area contributed by atoms with Gasteiger partial charge < -0.3 is 0 Å². The summed E-state index contributed by atoms with van der Waals surface area (Å²) in [5.74, 6) is 5.15. The van der Waals surface area contributed by atoms with Gasteiger partial charge in [0.15, 0.2) is 0 Å². The second-order valence-electron chi connectivity index (χ2n) is 15.0. The molecular formula is C22H39P3Si3. The quantitative estimate of drug-likeness (QED) is 0.303. The summed E-state index contributed by atoms with van der Waals surface area (Å²) in [6.45, 7) is 24.7. The SMILES string of the molecule is C[Si](C)(C)C1=P2(C3[C@@H]4C[C@@H]5[C@H]3[C@@]5([Si](C)(C)C)P14)[C@H]1C3C[C@@H]4[C@H]1[C@@]4([Si](C)(C)C)P32. The maximum absolute atomic E-state index is 2.84. The molecule has 6 aliphatic heterocycles. The number of rotatable bonds is 3. The molecule has 5 saturated heterocycles. The normalized spacial score (nSPS) is 68.2. The first-order valence-corrected chi connectivity index (χ1v) is 28.1. The van der Waals surface area contributed by atoms with Crippen LogP contribution < -0.4 is 0 Å². The minimum absolute atomic E-state index is 0.341. The van der Waals surface area contributed by atoms with E-state index in [0.29, 0.717) is 15.5 Å². The molecule has 0 N–H and O–H groups in total. The van der Waals surface area contributed by atoms with Crippen molar-refractivity contribution in [2.45, 2.75) is 104 Å². The molecule has 10 bridgehead atoms.